The average Bonchev–Trinajstić information content (AvgIpc) is 3.05. The van der Waals surface area contributed by atoms with E-state index in [2.05, 4.69) is 33.4 Å². The summed E-state index contributed by atoms with van der Waals surface area (Å²) in [7, 11) is 0. The van der Waals surface area contributed by atoms with Crippen molar-refractivity contribution in [2.75, 3.05) is 4.90 Å². The molecule has 0 aliphatic carbocycles. The largest absolute Gasteiger partial charge is 0.440 e. The highest BCUT2D eigenvalue weighted by Gasteiger charge is 2.25. The molecule has 1 aliphatic heterocycles. The zero-order valence-electron chi connectivity index (χ0n) is 19.0. The van der Waals surface area contributed by atoms with Gasteiger partial charge in [-0.25, -0.2) is 4.39 Å². The molecule has 0 amide bonds. The SMILES string of the molecule is CC(C)(C)S.Cc1cc(C(C)N)c2oc(N3Cc4ccc(F)cc4C3)c(C)c(=O)c2c1. The van der Waals surface area contributed by atoms with Gasteiger partial charge in [0.2, 0.25) is 5.88 Å². The van der Waals surface area contributed by atoms with Gasteiger partial charge < -0.3 is 15.1 Å². The number of benzene rings is 2. The van der Waals surface area contributed by atoms with Crippen LogP contribution in [-0.2, 0) is 13.1 Å². The third kappa shape index (κ3) is 5.31. The van der Waals surface area contributed by atoms with Crippen molar-refractivity contribution in [1.82, 2.24) is 0 Å². The highest BCUT2D eigenvalue weighted by Crippen LogP contribution is 2.34. The Kier molecular flexibility index (Phi) is 6.53. The van der Waals surface area contributed by atoms with Crippen LogP contribution in [0.3, 0.4) is 0 Å². The second-order valence-electron chi connectivity index (χ2n) is 9.32. The van der Waals surface area contributed by atoms with Crippen LogP contribution < -0.4 is 16.1 Å². The van der Waals surface area contributed by atoms with E-state index in [1.165, 1.54) is 6.07 Å². The van der Waals surface area contributed by atoms with Gasteiger partial charge in [0.15, 0.2) is 5.43 Å². The normalized spacial score (nSPS) is 14.3. The fourth-order valence-corrected chi connectivity index (χ4v) is 3.70. The number of thiol groups is 1. The monoisotopic (exact) mass is 442 g/mol. The lowest BCUT2D eigenvalue weighted by atomic mass is 10.0. The number of hydrogen-bond acceptors (Lipinski definition) is 5. The van der Waals surface area contributed by atoms with E-state index in [1.54, 1.807) is 19.1 Å². The maximum atomic E-state index is 13.5. The van der Waals surface area contributed by atoms with Gasteiger partial charge in [0.1, 0.15) is 11.4 Å². The lowest BCUT2D eigenvalue weighted by Gasteiger charge is -2.20. The quantitative estimate of drug-likeness (QED) is 0.492. The summed E-state index contributed by atoms with van der Waals surface area (Å²) < 4.78 is 19.9. The minimum Gasteiger partial charge on any atom is -0.440 e. The molecule has 3 aromatic rings. The molecule has 1 atom stereocenters. The zero-order valence-corrected chi connectivity index (χ0v) is 19.9. The molecule has 2 aromatic carbocycles. The van der Waals surface area contributed by atoms with Crippen LogP contribution in [0.2, 0.25) is 0 Å². The highest BCUT2D eigenvalue weighted by atomic mass is 32.1. The van der Waals surface area contributed by atoms with Crippen LogP contribution in [0.1, 0.15) is 61.6 Å². The maximum Gasteiger partial charge on any atom is 0.203 e. The number of hydrogen-bond donors (Lipinski definition) is 2. The van der Waals surface area contributed by atoms with Gasteiger partial charge >= 0.3 is 0 Å². The summed E-state index contributed by atoms with van der Waals surface area (Å²) in [4.78, 5) is 14.9. The molecule has 4 nitrogen and oxygen atoms in total. The van der Waals surface area contributed by atoms with Gasteiger partial charge in [0.25, 0.3) is 0 Å². The van der Waals surface area contributed by atoms with Crippen molar-refractivity contribution in [3.63, 3.8) is 0 Å². The molecule has 1 aliphatic rings. The van der Waals surface area contributed by atoms with E-state index in [0.717, 1.165) is 22.3 Å². The summed E-state index contributed by atoms with van der Waals surface area (Å²) in [6, 6.07) is 8.35. The van der Waals surface area contributed by atoms with Gasteiger partial charge in [-0.2, -0.15) is 12.6 Å². The molecule has 2 N–H and O–H groups in total. The molecule has 6 heteroatoms. The predicted octanol–water partition coefficient (Wildman–Crippen LogP) is 5.80. The number of fused-ring (bicyclic) bond motifs is 2. The molecule has 1 aromatic heterocycles. The number of rotatable bonds is 2. The van der Waals surface area contributed by atoms with E-state index >= 15 is 0 Å². The second kappa shape index (κ2) is 8.67. The summed E-state index contributed by atoms with van der Waals surface area (Å²) in [6.07, 6.45) is 0. The van der Waals surface area contributed by atoms with Crippen LogP contribution in [-0.4, -0.2) is 4.75 Å². The number of nitrogens with two attached hydrogens (primary N) is 1. The summed E-state index contributed by atoms with van der Waals surface area (Å²) >= 11 is 4.12. The highest BCUT2D eigenvalue weighted by molar-refractivity contribution is 7.81. The molecule has 0 bridgehead atoms. The first kappa shape index (κ1) is 23.4. The Morgan fingerprint density at radius 2 is 1.74 bits per heavy atom. The smallest absolute Gasteiger partial charge is 0.203 e. The third-order valence-electron chi connectivity index (χ3n) is 5.04. The molecule has 2 heterocycles. The summed E-state index contributed by atoms with van der Waals surface area (Å²) in [5.41, 5.74) is 10.9. The predicted molar refractivity (Wildman–Crippen MR) is 130 cm³/mol. The molecule has 0 fully saturated rings. The Labute approximate surface area is 188 Å². The van der Waals surface area contributed by atoms with Gasteiger partial charge in [0, 0.05) is 29.4 Å². The molecule has 0 saturated heterocycles. The van der Waals surface area contributed by atoms with E-state index in [0.29, 0.717) is 35.5 Å². The molecular formula is C25H31FN2O2S. The molecule has 166 valence electrons. The van der Waals surface area contributed by atoms with E-state index in [9.17, 15) is 9.18 Å². The Hall–Kier alpha value is -2.31. The Morgan fingerprint density at radius 1 is 1.13 bits per heavy atom. The van der Waals surface area contributed by atoms with E-state index in [4.69, 9.17) is 10.2 Å². The molecule has 0 saturated carbocycles. The molecule has 31 heavy (non-hydrogen) atoms. The van der Waals surface area contributed by atoms with Crippen LogP contribution in [0.15, 0.2) is 39.5 Å². The first-order chi connectivity index (χ1) is 14.3. The summed E-state index contributed by atoms with van der Waals surface area (Å²) in [5, 5.41) is 0.557. The van der Waals surface area contributed by atoms with Crippen molar-refractivity contribution in [2.45, 2.75) is 65.4 Å². The van der Waals surface area contributed by atoms with E-state index in [1.807, 2.05) is 30.9 Å². The van der Waals surface area contributed by atoms with Gasteiger partial charge in [-0.3, -0.25) is 4.79 Å². The molecular weight excluding hydrogens is 411 g/mol. The molecule has 0 spiro atoms. The Morgan fingerprint density at radius 3 is 2.35 bits per heavy atom. The van der Waals surface area contributed by atoms with Crippen molar-refractivity contribution >= 4 is 29.5 Å². The lowest BCUT2D eigenvalue weighted by Crippen LogP contribution is -2.20. The van der Waals surface area contributed by atoms with Gasteiger partial charge in [0.05, 0.1) is 10.9 Å². The number of aryl methyl sites for hydroxylation is 1. The van der Waals surface area contributed by atoms with E-state index in [-0.39, 0.29) is 22.0 Å². The van der Waals surface area contributed by atoms with Crippen molar-refractivity contribution in [3.8, 4) is 0 Å². The first-order valence-electron chi connectivity index (χ1n) is 10.4. The van der Waals surface area contributed by atoms with Crippen molar-refractivity contribution in [2.24, 2.45) is 5.73 Å². The van der Waals surface area contributed by atoms with Gasteiger partial charge in [-0.15, -0.1) is 0 Å². The number of anilines is 1. The molecule has 1 unspecified atom stereocenters. The minimum absolute atomic E-state index is 0.0472. The zero-order chi connectivity index (χ0) is 23.1. The lowest BCUT2D eigenvalue weighted by molar-refractivity contribution is 0.563. The fraction of sp³-hybridized carbons (Fsp3) is 0.400. The van der Waals surface area contributed by atoms with Crippen LogP contribution in [0.4, 0.5) is 10.3 Å². The standard InChI is InChI=1S/C21H21FN2O2.C4H10S/c1-11-6-17(13(3)23)20-18(7-11)19(25)12(2)21(26-20)24-9-14-4-5-16(22)8-15(14)10-24;1-4(2,3)5/h4-8,13H,9-10,23H2,1-3H3;5H,1-3H3. The number of nitrogens with zero attached hydrogens (tertiary/aromatic N) is 1. The van der Waals surface area contributed by atoms with Gasteiger partial charge in [-0.05, 0) is 55.7 Å². The van der Waals surface area contributed by atoms with Crippen LogP contribution in [0, 0.1) is 19.7 Å². The van der Waals surface area contributed by atoms with Crippen molar-refractivity contribution in [3.05, 3.63) is 74.2 Å². The maximum absolute atomic E-state index is 13.5. The minimum atomic E-state index is -0.253. The van der Waals surface area contributed by atoms with Crippen LogP contribution >= 0.6 is 12.6 Å². The van der Waals surface area contributed by atoms with Crippen LogP contribution in [0.5, 0.6) is 0 Å². The topological polar surface area (TPSA) is 59.5 Å². The third-order valence-corrected chi connectivity index (χ3v) is 5.04. The molecule has 0 radical (unpaired) electrons. The fourth-order valence-electron chi connectivity index (χ4n) is 3.70. The van der Waals surface area contributed by atoms with Crippen LogP contribution in [0.25, 0.3) is 11.0 Å². The summed E-state index contributed by atoms with van der Waals surface area (Å²) in [6.45, 7) is 12.9. The van der Waals surface area contributed by atoms with Crippen molar-refractivity contribution in [1.29, 1.82) is 0 Å². The summed E-state index contributed by atoms with van der Waals surface area (Å²) in [5.74, 6) is 0.280. The number of halogens is 1. The first-order valence-corrected chi connectivity index (χ1v) is 10.9. The Bertz CT molecular complexity index is 1170. The second-order valence-corrected chi connectivity index (χ2v) is 10.7. The van der Waals surface area contributed by atoms with Crippen molar-refractivity contribution < 1.29 is 8.81 Å². The average molecular weight is 443 g/mol. The molecule has 4 rings (SSSR count). The Balaban J connectivity index is 0.000000491. The van der Waals surface area contributed by atoms with E-state index < -0.39 is 0 Å². The van der Waals surface area contributed by atoms with Gasteiger partial charge in [-0.1, -0.05) is 32.9 Å².